The lowest BCUT2D eigenvalue weighted by atomic mass is 10.2. The van der Waals surface area contributed by atoms with Gasteiger partial charge in [0.1, 0.15) is 11.4 Å². The van der Waals surface area contributed by atoms with Crippen LogP contribution in [0.15, 0.2) is 17.8 Å². The summed E-state index contributed by atoms with van der Waals surface area (Å²) in [6.45, 7) is 1.71. The van der Waals surface area contributed by atoms with Crippen LogP contribution in [0.3, 0.4) is 0 Å². The normalized spacial score (nSPS) is 11.1. The second kappa shape index (κ2) is 5.83. The van der Waals surface area contributed by atoms with Crippen LogP contribution in [-0.2, 0) is 0 Å². The molecule has 1 aromatic heterocycles. The van der Waals surface area contributed by atoms with E-state index in [0.29, 0.717) is 23.7 Å². The summed E-state index contributed by atoms with van der Waals surface area (Å²) in [5, 5.41) is 10.7. The van der Waals surface area contributed by atoms with Crippen molar-refractivity contribution >= 4 is 6.08 Å². The lowest BCUT2D eigenvalue weighted by Gasteiger charge is -2.06. The lowest BCUT2D eigenvalue weighted by molar-refractivity contribution is -0.425. The molecule has 0 saturated heterocycles. The monoisotopic (exact) mass is 238 g/mol. The number of methoxy groups -OCH3 is 2. The minimum atomic E-state index is -0.430. The van der Waals surface area contributed by atoms with Gasteiger partial charge in [-0.2, -0.15) is 0 Å². The molecule has 0 bridgehead atoms. The molecule has 0 saturated carbocycles. The van der Waals surface area contributed by atoms with E-state index in [1.807, 2.05) is 0 Å². The molecule has 0 aromatic carbocycles. The van der Waals surface area contributed by atoms with E-state index in [1.165, 1.54) is 20.3 Å². The highest BCUT2D eigenvalue weighted by atomic mass is 16.6. The Bertz CT molecular complexity index is 443. The maximum Gasteiger partial charge on any atom is 0.248 e. The zero-order valence-electron chi connectivity index (χ0n) is 9.97. The molecule has 0 atom stereocenters. The molecular weight excluding hydrogens is 224 g/mol. The fourth-order valence-corrected chi connectivity index (χ4v) is 1.27. The first-order valence-corrected chi connectivity index (χ1v) is 5.06. The molecule has 1 heterocycles. The Labute approximate surface area is 99.0 Å². The number of ether oxygens (including phenoxy) is 2. The van der Waals surface area contributed by atoms with Crippen LogP contribution in [0.4, 0.5) is 0 Å². The van der Waals surface area contributed by atoms with Crippen molar-refractivity contribution in [3.8, 4) is 11.6 Å². The van der Waals surface area contributed by atoms with Gasteiger partial charge in [0, 0.05) is 18.6 Å². The molecule has 0 fully saturated rings. The van der Waals surface area contributed by atoms with Crippen LogP contribution in [0.1, 0.15) is 19.0 Å². The molecule has 0 N–H and O–H groups in total. The molecule has 1 rings (SSSR count). The Morgan fingerprint density at radius 1 is 1.47 bits per heavy atom. The van der Waals surface area contributed by atoms with Crippen molar-refractivity contribution < 1.29 is 14.4 Å². The molecular formula is C11H14N2O4. The van der Waals surface area contributed by atoms with Crippen molar-refractivity contribution in [2.75, 3.05) is 14.2 Å². The summed E-state index contributed by atoms with van der Waals surface area (Å²) in [6, 6.07) is 3.29. The van der Waals surface area contributed by atoms with Crippen LogP contribution >= 0.6 is 0 Å². The molecule has 0 amide bonds. The number of pyridine rings is 1. The first-order valence-electron chi connectivity index (χ1n) is 5.06. The molecule has 0 radical (unpaired) electrons. The van der Waals surface area contributed by atoms with Gasteiger partial charge in [-0.15, -0.1) is 0 Å². The Hall–Kier alpha value is -2.11. The lowest BCUT2D eigenvalue weighted by Crippen LogP contribution is -1.99. The third-order valence-electron chi connectivity index (χ3n) is 2.19. The van der Waals surface area contributed by atoms with Gasteiger partial charge in [0.15, 0.2) is 0 Å². The van der Waals surface area contributed by atoms with Gasteiger partial charge in [0.05, 0.1) is 19.1 Å². The molecule has 17 heavy (non-hydrogen) atoms. The van der Waals surface area contributed by atoms with Crippen molar-refractivity contribution in [1.29, 1.82) is 0 Å². The highest BCUT2D eigenvalue weighted by Crippen LogP contribution is 2.23. The first kappa shape index (κ1) is 13.0. The predicted molar refractivity (Wildman–Crippen MR) is 62.6 cm³/mol. The summed E-state index contributed by atoms with van der Waals surface area (Å²) in [5.74, 6) is 0.856. The van der Waals surface area contributed by atoms with E-state index in [4.69, 9.17) is 9.47 Å². The van der Waals surface area contributed by atoms with E-state index in [0.717, 1.165) is 0 Å². The molecule has 6 nitrogen and oxygen atoms in total. The molecule has 0 aliphatic carbocycles. The van der Waals surface area contributed by atoms with Gasteiger partial charge in [-0.1, -0.05) is 6.92 Å². The number of allylic oxidation sites excluding steroid dienone is 1. The van der Waals surface area contributed by atoms with Crippen molar-refractivity contribution in [2.45, 2.75) is 13.3 Å². The van der Waals surface area contributed by atoms with Crippen LogP contribution < -0.4 is 9.47 Å². The van der Waals surface area contributed by atoms with Crippen molar-refractivity contribution in [3.63, 3.8) is 0 Å². The molecule has 6 heteroatoms. The minimum Gasteiger partial charge on any atom is -0.494 e. The largest absolute Gasteiger partial charge is 0.494 e. The maximum atomic E-state index is 10.7. The van der Waals surface area contributed by atoms with E-state index >= 15 is 0 Å². The first-order chi connectivity index (χ1) is 8.12. The number of rotatable bonds is 5. The maximum absolute atomic E-state index is 10.7. The van der Waals surface area contributed by atoms with Gasteiger partial charge < -0.3 is 9.47 Å². The highest BCUT2D eigenvalue weighted by molar-refractivity contribution is 5.55. The number of nitro groups is 1. The quantitative estimate of drug-likeness (QED) is 0.580. The van der Waals surface area contributed by atoms with Crippen molar-refractivity contribution in [1.82, 2.24) is 4.98 Å². The average Bonchev–Trinajstić information content (AvgIpc) is 2.35. The third kappa shape index (κ3) is 3.17. The minimum absolute atomic E-state index is 0.0732. The van der Waals surface area contributed by atoms with E-state index < -0.39 is 4.92 Å². The van der Waals surface area contributed by atoms with Gasteiger partial charge >= 0.3 is 0 Å². The van der Waals surface area contributed by atoms with Crippen molar-refractivity contribution in [3.05, 3.63) is 33.6 Å². The van der Waals surface area contributed by atoms with Crippen LogP contribution in [0.2, 0.25) is 0 Å². The van der Waals surface area contributed by atoms with Gasteiger partial charge in [0.25, 0.3) is 0 Å². The molecule has 0 spiro atoms. The number of hydrogen-bond acceptors (Lipinski definition) is 5. The van der Waals surface area contributed by atoms with Crippen molar-refractivity contribution in [2.24, 2.45) is 0 Å². The molecule has 0 unspecified atom stereocenters. The van der Waals surface area contributed by atoms with E-state index in [2.05, 4.69) is 4.98 Å². The smallest absolute Gasteiger partial charge is 0.248 e. The Balaban J connectivity index is 3.22. The number of aromatic nitrogens is 1. The zero-order chi connectivity index (χ0) is 12.8. The number of hydrogen-bond donors (Lipinski definition) is 0. The third-order valence-corrected chi connectivity index (χ3v) is 2.19. The van der Waals surface area contributed by atoms with Gasteiger partial charge in [-0.25, -0.2) is 4.98 Å². The Morgan fingerprint density at radius 3 is 2.65 bits per heavy atom. The molecule has 0 aliphatic heterocycles. The molecule has 92 valence electrons. The zero-order valence-corrected chi connectivity index (χ0v) is 9.97. The summed E-state index contributed by atoms with van der Waals surface area (Å²) >= 11 is 0. The second-order valence-corrected chi connectivity index (χ2v) is 3.19. The van der Waals surface area contributed by atoms with Gasteiger partial charge in [-0.3, -0.25) is 10.1 Å². The number of nitrogens with zero attached hydrogens (tertiary/aromatic N) is 2. The standard InChI is InChI=1S/C11H14N2O4/c1-4-8(13(14)15)7-9-10(16-2)5-6-11(12-9)17-3/h5-7H,4H2,1-3H3. The Kier molecular flexibility index (Phi) is 4.45. The average molecular weight is 238 g/mol. The van der Waals surface area contributed by atoms with E-state index in [9.17, 15) is 10.1 Å². The molecule has 0 aliphatic rings. The predicted octanol–water partition coefficient (Wildman–Crippen LogP) is 2.13. The van der Waals surface area contributed by atoms with E-state index in [-0.39, 0.29) is 5.70 Å². The van der Waals surface area contributed by atoms with Crippen LogP contribution in [-0.4, -0.2) is 24.1 Å². The fraction of sp³-hybridized carbons (Fsp3) is 0.364. The molecule has 1 aromatic rings. The topological polar surface area (TPSA) is 74.5 Å². The highest BCUT2D eigenvalue weighted by Gasteiger charge is 2.12. The van der Waals surface area contributed by atoms with Crippen LogP contribution in [0.5, 0.6) is 11.6 Å². The van der Waals surface area contributed by atoms with Gasteiger partial charge in [0.2, 0.25) is 11.6 Å². The summed E-state index contributed by atoms with van der Waals surface area (Å²) < 4.78 is 10.0. The summed E-state index contributed by atoms with van der Waals surface area (Å²) in [7, 11) is 2.97. The summed E-state index contributed by atoms with van der Waals surface area (Å²) in [4.78, 5) is 14.4. The summed E-state index contributed by atoms with van der Waals surface area (Å²) in [5.41, 5.74) is 0.462. The Morgan fingerprint density at radius 2 is 2.18 bits per heavy atom. The SMILES string of the molecule is CCC(=Cc1nc(OC)ccc1OC)[N+](=O)[O-]. The fourth-order valence-electron chi connectivity index (χ4n) is 1.27. The van der Waals surface area contributed by atoms with E-state index in [1.54, 1.807) is 19.1 Å². The van der Waals surface area contributed by atoms with Crippen LogP contribution in [0, 0.1) is 10.1 Å². The second-order valence-electron chi connectivity index (χ2n) is 3.19. The van der Waals surface area contributed by atoms with Gasteiger partial charge in [-0.05, 0) is 6.07 Å². The van der Waals surface area contributed by atoms with Crippen LogP contribution in [0.25, 0.3) is 6.08 Å². The summed E-state index contributed by atoms with van der Waals surface area (Å²) in [6.07, 6.45) is 1.70.